The normalized spacial score (nSPS) is 11.4. The first kappa shape index (κ1) is 23.1. The van der Waals surface area contributed by atoms with E-state index in [-0.39, 0.29) is 12.6 Å². The van der Waals surface area contributed by atoms with Gasteiger partial charge in [0.05, 0.1) is 5.69 Å². The number of hydrogen-bond acceptors (Lipinski definition) is 3. The van der Waals surface area contributed by atoms with Gasteiger partial charge in [-0.05, 0) is 25.0 Å². The summed E-state index contributed by atoms with van der Waals surface area (Å²) in [5.41, 5.74) is 0.756. The van der Waals surface area contributed by atoms with Crippen molar-refractivity contribution in [3.8, 4) is 0 Å². The zero-order valence-corrected chi connectivity index (χ0v) is 17.1. The van der Waals surface area contributed by atoms with E-state index in [9.17, 15) is 4.79 Å². The van der Waals surface area contributed by atoms with Crippen LogP contribution in [0.3, 0.4) is 0 Å². The van der Waals surface area contributed by atoms with Crippen LogP contribution in [0.25, 0.3) is 0 Å². The van der Waals surface area contributed by atoms with Gasteiger partial charge in [0.1, 0.15) is 6.61 Å². The van der Waals surface area contributed by atoms with Crippen LogP contribution in [0.15, 0.2) is 48.7 Å². The highest BCUT2D eigenvalue weighted by Gasteiger charge is 1.98. The first-order valence-electron chi connectivity index (χ1n) is 10.7. The van der Waals surface area contributed by atoms with Crippen molar-refractivity contribution in [1.82, 2.24) is 4.98 Å². The average molecular weight is 372 g/mol. The van der Waals surface area contributed by atoms with Gasteiger partial charge in [0, 0.05) is 12.3 Å². The summed E-state index contributed by atoms with van der Waals surface area (Å²) in [6, 6.07) is 5.56. The van der Waals surface area contributed by atoms with Crippen LogP contribution in [0.4, 0.5) is 0 Å². The molecular weight excluding hydrogens is 334 g/mol. The second-order valence-electron chi connectivity index (χ2n) is 7.04. The maximum absolute atomic E-state index is 11.6. The van der Waals surface area contributed by atoms with E-state index in [0.717, 1.165) is 12.1 Å². The molecule has 0 aromatic carbocycles. The molecule has 0 aliphatic rings. The fourth-order valence-corrected chi connectivity index (χ4v) is 2.91. The molecule has 0 spiro atoms. The molecule has 0 saturated heterocycles. The van der Waals surface area contributed by atoms with Gasteiger partial charge >= 0.3 is 5.97 Å². The molecule has 3 nitrogen and oxygen atoms in total. The van der Waals surface area contributed by atoms with Gasteiger partial charge in [-0.1, -0.05) is 95.4 Å². The molecule has 1 aromatic rings. The van der Waals surface area contributed by atoms with E-state index in [4.69, 9.17) is 4.74 Å². The summed E-state index contributed by atoms with van der Waals surface area (Å²) >= 11 is 0. The Bertz CT molecular complexity index is 522. The molecule has 0 amide bonds. The number of ether oxygens (including phenoxy) is 1. The molecule has 0 radical (unpaired) electrons. The van der Waals surface area contributed by atoms with E-state index in [1.54, 1.807) is 12.3 Å². The molecule has 27 heavy (non-hydrogen) atoms. The van der Waals surface area contributed by atoms with Crippen LogP contribution in [-0.2, 0) is 16.1 Å². The lowest BCUT2D eigenvalue weighted by atomic mass is 10.1. The quantitative estimate of drug-likeness (QED) is 0.137. The average Bonchev–Trinajstić information content (AvgIpc) is 2.70. The smallest absolute Gasteiger partial charge is 0.331 e. The van der Waals surface area contributed by atoms with Crippen molar-refractivity contribution in [2.24, 2.45) is 0 Å². The molecule has 1 rings (SSSR count). The molecule has 0 atom stereocenters. The van der Waals surface area contributed by atoms with Crippen LogP contribution in [0.1, 0.15) is 89.7 Å². The van der Waals surface area contributed by atoms with E-state index in [1.165, 1.54) is 76.7 Å². The fourth-order valence-electron chi connectivity index (χ4n) is 2.91. The number of nitrogens with zero attached hydrogens (tertiary/aromatic N) is 1. The van der Waals surface area contributed by atoms with Crippen LogP contribution in [0.5, 0.6) is 0 Å². The van der Waals surface area contributed by atoms with Gasteiger partial charge in [-0.2, -0.15) is 0 Å². The van der Waals surface area contributed by atoms with Gasteiger partial charge in [-0.25, -0.2) is 4.79 Å². The first-order valence-corrected chi connectivity index (χ1v) is 10.7. The van der Waals surface area contributed by atoms with Crippen molar-refractivity contribution in [3.63, 3.8) is 0 Å². The lowest BCUT2D eigenvalue weighted by molar-refractivity contribution is -0.139. The van der Waals surface area contributed by atoms with Crippen molar-refractivity contribution in [1.29, 1.82) is 0 Å². The summed E-state index contributed by atoms with van der Waals surface area (Å²) in [4.78, 5) is 15.7. The molecule has 1 heterocycles. The SMILES string of the molecule is CCCCCCCCCCCCCC=CC=CC(=O)OCc1ccccn1. The summed E-state index contributed by atoms with van der Waals surface area (Å²) in [5.74, 6) is -0.333. The van der Waals surface area contributed by atoms with Crippen molar-refractivity contribution in [2.75, 3.05) is 0 Å². The minimum Gasteiger partial charge on any atom is -0.456 e. The molecular formula is C24H37NO2. The van der Waals surface area contributed by atoms with Crippen LogP contribution in [0, 0.1) is 0 Å². The topological polar surface area (TPSA) is 39.2 Å². The van der Waals surface area contributed by atoms with Gasteiger partial charge in [-0.3, -0.25) is 4.98 Å². The number of esters is 1. The molecule has 0 unspecified atom stereocenters. The maximum Gasteiger partial charge on any atom is 0.331 e. The fraction of sp³-hybridized carbons (Fsp3) is 0.583. The largest absolute Gasteiger partial charge is 0.456 e. The third-order valence-electron chi connectivity index (χ3n) is 4.54. The number of unbranched alkanes of at least 4 members (excludes halogenated alkanes) is 11. The highest BCUT2D eigenvalue weighted by Crippen LogP contribution is 2.12. The Balaban J connectivity index is 1.89. The Kier molecular flexibility index (Phi) is 15.0. The summed E-state index contributed by atoms with van der Waals surface area (Å²) in [6.45, 7) is 2.48. The van der Waals surface area contributed by atoms with E-state index in [1.807, 2.05) is 24.3 Å². The lowest BCUT2D eigenvalue weighted by Gasteiger charge is -2.01. The highest BCUT2D eigenvalue weighted by molar-refractivity contribution is 5.82. The molecule has 0 aliphatic carbocycles. The number of hydrogen-bond donors (Lipinski definition) is 0. The molecule has 0 saturated carbocycles. The molecule has 150 valence electrons. The standard InChI is InChI=1S/C24H37NO2/c1-2-3-4-5-6-7-8-9-10-11-12-13-14-15-16-20-24(26)27-22-23-19-17-18-21-25-23/h14-21H,2-13,22H2,1H3. The van der Waals surface area contributed by atoms with E-state index < -0.39 is 0 Å². The van der Waals surface area contributed by atoms with Crippen LogP contribution in [0.2, 0.25) is 0 Å². The second-order valence-corrected chi connectivity index (χ2v) is 7.04. The summed E-state index contributed by atoms with van der Waals surface area (Å²) < 4.78 is 5.13. The lowest BCUT2D eigenvalue weighted by Crippen LogP contribution is -2.01. The van der Waals surface area contributed by atoms with Gasteiger partial charge in [0.15, 0.2) is 0 Å². The van der Waals surface area contributed by atoms with Crippen LogP contribution in [-0.4, -0.2) is 11.0 Å². The van der Waals surface area contributed by atoms with Crippen molar-refractivity contribution in [2.45, 2.75) is 90.6 Å². The monoisotopic (exact) mass is 371 g/mol. The number of rotatable bonds is 16. The summed E-state index contributed by atoms with van der Waals surface area (Å²) in [5, 5.41) is 0. The molecule has 0 bridgehead atoms. The van der Waals surface area contributed by atoms with E-state index >= 15 is 0 Å². The minimum absolute atomic E-state index is 0.215. The van der Waals surface area contributed by atoms with Crippen molar-refractivity contribution >= 4 is 5.97 Å². The van der Waals surface area contributed by atoms with Gasteiger partial charge in [0.2, 0.25) is 0 Å². The number of carbonyl (C=O) groups is 1. The summed E-state index contributed by atoms with van der Waals surface area (Å²) in [6.07, 6.45) is 25.1. The van der Waals surface area contributed by atoms with Crippen LogP contribution >= 0.6 is 0 Å². The predicted octanol–water partition coefficient (Wildman–Crippen LogP) is 6.94. The highest BCUT2D eigenvalue weighted by atomic mass is 16.5. The van der Waals surface area contributed by atoms with Crippen molar-refractivity contribution < 1.29 is 9.53 Å². The Hall–Kier alpha value is -1.90. The maximum atomic E-state index is 11.6. The summed E-state index contributed by atoms with van der Waals surface area (Å²) in [7, 11) is 0. The second kappa shape index (κ2) is 17.5. The molecule has 0 N–H and O–H groups in total. The molecule has 0 fully saturated rings. The van der Waals surface area contributed by atoms with Gasteiger partial charge < -0.3 is 4.74 Å². The third-order valence-corrected chi connectivity index (χ3v) is 4.54. The van der Waals surface area contributed by atoms with Crippen molar-refractivity contribution in [3.05, 3.63) is 54.4 Å². The Labute approximate surface area is 165 Å². The van der Waals surface area contributed by atoms with Gasteiger partial charge in [0.25, 0.3) is 0 Å². The number of carbonyl (C=O) groups excluding carboxylic acids is 1. The van der Waals surface area contributed by atoms with E-state index in [2.05, 4.69) is 18.0 Å². The van der Waals surface area contributed by atoms with Gasteiger partial charge in [-0.15, -0.1) is 0 Å². The zero-order chi connectivity index (χ0) is 19.4. The minimum atomic E-state index is -0.333. The molecule has 0 aliphatic heterocycles. The van der Waals surface area contributed by atoms with E-state index in [0.29, 0.717) is 0 Å². The Morgan fingerprint density at radius 1 is 0.926 bits per heavy atom. The van der Waals surface area contributed by atoms with Crippen LogP contribution < -0.4 is 0 Å². The number of allylic oxidation sites excluding steroid dienone is 3. The Morgan fingerprint density at radius 2 is 1.59 bits per heavy atom. The first-order chi connectivity index (χ1) is 13.3. The third kappa shape index (κ3) is 14.9. The number of aromatic nitrogens is 1. The predicted molar refractivity (Wildman–Crippen MR) is 113 cm³/mol. The molecule has 3 heteroatoms. The number of pyridine rings is 1. The molecule has 1 aromatic heterocycles. The zero-order valence-electron chi connectivity index (χ0n) is 17.1. The Morgan fingerprint density at radius 3 is 2.22 bits per heavy atom.